The lowest BCUT2D eigenvalue weighted by Crippen LogP contribution is -2.14. The van der Waals surface area contributed by atoms with E-state index in [2.05, 4.69) is 10.3 Å². The van der Waals surface area contributed by atoms with E-state index in [1.54, 1.807) is 18.2 Å². The number of thiazole rings is 1. The Morgan fingerprint density at radius 1 is 1.50 bits per heavy atom. The second kappa shape index (κ2) is 4.86. The number of nitrogen functional groups attached to an aromatic ring is 1. The fourth-order valence-electron chi connectivity index (χ4n) is 2.03. The molecule has 4 nitrogen and oxygen atoms in total. The van der Waals surface area contributed by atoms with Crippen LogP contribution >= 0.6 is 11.3 Å². The van der Waals surface area contributed by atoms with Crippen LogP contribution in [0, 0.1) is 18.0 Å². The van der Waals surface area contributed by atoms with Crippen LogP contribution in [0.1, 0.15) is 18.4 Å². The van der Waals surface area contributed by atoms with Gasteiger partial charge < -0.3 is 11.1 Å². The first-order chi connectivity index (χ1) is 9.54. The topological polar surface area (TPSA) is 68.0 Å². The van der Waals surface area contributed by atoms with Gasteiger partial charge in [-0.1, -0.05) is 17.4 Å². The number of carbonyl (C=O) groups is 1. The van der Waals surface area contributed by atoms with Crippen molar-refractivity contribution in [1.82, 2.24) is 4.98 Å². The minimum Gasteiger partial charge on any atom is -0.375 e. The summed E-state index contributed by atoms with van der Waals surface area (Å²) in [6.07, 6.45) is 1.93. The van der Waals surface area contributed by atoms with Crippen molar-refractivity contribution in [3.8, 4) is 11.3 Å². The number of halogens is 1. The van der Waals surface area contributed by atoms with Crippen LogP contribution in [-0.4, -0.2) is 10.9 Å². The van der Waals surface area contributed by atoms with E-state index in [0.717, 1.165) is 35.4 Å². The molecule has 1 saturated carbocycles. The largest absolute Gasteiger partial charge is 0.375 e. The summed E-state index contributed by atoms with van der Waals surface area (Å²) in [7, 11) is 0. The molecular weight excluding hydrogens is 277 g/mol. The fourth-order valence-corrected chi connectivity index (χ4v) is 2.61. The summed E-state index contributed by atoms with van der Waals surface area (Å²) < 4.78 is 13.7. The van der Waals surface area contributed by atoms with Crippen molar-refractivity contribution >= 4 is 28.1 Å². The second-order valence-electron chi connectivity index (χ2n) is 4.97. The molecule has 3 rings (SSSR count). The summed E-state index contributed by atoms with van der Waals surface area (Å²) in [5, 5.41) is 2.71. The molecule has 0 aliphatic heterocycles. The Morgan fingerprint density at radius 3 is 2.80 bits per heavy atom. The summed E-state index contributed by atoms with van der Waals surface area (Å²) in [4.78, 5) is 15.7. The van der Waals surface area contributed by atoms with Gasteiger partial charge in [0.1, 0.15) is 5.69 Å². The Labute approximate surface area is 119 Å². The molecule has 0 spiro atoms. The number of nitrogens with zero attached hydrogens (tertiary/aromatic N) is 1. The van der Waals surface area contributed by atoms with E-state index in [-0.39, 0.29) is 22.7 Å². The number of nitrogens with two attached hydrogens (primary N) is 1. The molecule has 6 heteroatoms. The number of hydrogen-bond acceptors (Lipinski definition) is 4. The van der Waals surface area contributed by atoms with Crippen LogP contribution < -0.4 is 11.1 Å². The number of anilines is 2. The molecule has 0 radical (unpaired) electrons. The lowest BCUT2D eigenvalue weighted by Gasteiger charge is -2.09. The van der Waals surface area contributed by atoms with Crippen LogP contribution in [0.5, 0.6) is 0 Å². The second-order valence-corrected chi connectivity index (χ2v) is 5.95. The van der Waals surface area contributed by atoms with E-state index in [0.29, 0.717) is 5.56 Å². The van der Waals surface area contributed by atoms with Crippen molar-refractivity contribution in [3.63, 3.8) is 0 Å². The molecule has 0 unspecified atom stereocenters. The number of nitrogens with one attached hydrogen (secondary N) is 1. The first-order valence-electron chi connectivity index (χ1n) is 6.38. The molecule has 2 aromatic rings. The zero-order chi connectivity index (χ0) is 14.3. The number of aryl methyl sites for hydroxylation is 1. The van der Waals surface area contributed by atoms with Gasteiger partial charge in [-0.25, -0.2) is 4.98 Å². The van der Waals surface area contributed by atoms with Crippen molar-refractivity contribution in [3.05, 3.63) is 28.9 Å². The summed E-state index contributed by atoms with van der Waals surface area (Å²) in [5.41, 5.74) is 8.06. The first kappa shape index (κ1) is 13.1. The van der Waals surface area contributed by atoms with Gasteiger partial charge in [0.25, 0.3) is 0 Å². The van der Waals surface area contributed by atoms with Gasteiger partial charge in [0.05, 0.1) is 0 Å². The van der Waals surface area contributed by atoms with Gasteiger partial charge in [-0.2, -0.15) is 4.39 Å². The first-order valence-corrected chi connectivity index (χ1v) is 7.20. The molecule has 0 bridgehead atoms. The molecule has 1 heterocycles. The Kier molecular flexibility index (Phi) is 3.17. The Bertz CT molecular complexity index is 679. The van der Waals surface area contributed by atoms with Gasteiger partial charge in [0.15, 0.2) is 5.13 Å². The molecule has 1 amide bonds. The number of benzene rings is 1. The van der Waals surface area contributed by atoms with Gasteiger partial charge in [-0.15, -0.1) is 0 Å². The Balaban J connectivity index is 1.86. The lowest BCUT2D eigenvalue weighted by molar-refractivity contribution is -0.117. The maximum atomic E-state index is 13.7. The Morgan fingerprint density at radius 2 is 2.25 bits per heavy atom. The summed E-state index contributed by atoms with van der Waals surface area (Å²) in [6, 6.07) is 5.33. The molecule has 3 N–H and O–H groups in total. The van der Waals surface area contributed by atoms with Gasteiger partial charge in [0.2, 0.25) is 11.0 Å². The number of aromatic nitrogens is 1. The average Bonchev–Trinajstić information content (AvgIpc) is 3.18. The number of rotatable bonds is 3. The SMILES string of the molecule is Cc1cc(-c2nc(N)sc2F)ccc1NC(=O)C1CC1. The van der Waals surface area contributed by atoms with Gasteiger partial charge >= 0.3 is 0 Å². The molecule has 20 heavy (non-hydrogen) atoms. The minimum atomic E-state index is -0.392. The predicted octanol–water partition coefficient (Wildman–Crippen LogP) is 3.19. The standard InChI is InChI=1S/C14H14FN3OS/c1-7-6-9(11-12(15)20-14(16)18-11)4-5-10(7)17-13(19)8-2-3-8/h4-6,8H,2-3H2,1H3,(H2,16,18)(H,17,19). The van der Waals surface area contributed by atoms with Crippen molar-refractivity contribution < 1.29 is 9.18 Å². The van der Waals surface area contributed by atoms with Crippen LogP contribution in [0.15, 0.2) is 18.2 Å². The average molecular weight is 291 g/mol. The number of hydrogen-bond donors (Lipinski definition) is 2. The summed E-state index contributed by atoms with van der Waals surface area (Å²) in [5.74, 6) is 0.217. The minimum absolute atomic E-state index is 0.0601. The van der Waals surface area contributed by atoms with E-state index >= 15 is 0 Å². The Hall–Kier alpha value is -1.95. The number of carbonyl (C=O) groups excluding carboxylic acids is 1. The molecule has 1 aromatic heterocycles. The van der Waals surface area contributed by atoms with Gasteiger partial charge in [0, 0.05) is 17.2 Å². The molecule has 1 aliphatic carbocycles. The van der Waals surface area contributed by atoms with Crippen molar-refractivity contribution in [2.75, 3.05) is 11.1 Å². The van der Waals surface area contributed by atoms with Crippen LogP contribution in [0.2, 0.25) is 0 Å². The van der Waals surface area contributed by atoms with Crippen molar-refractivity contribution in [2.45, 2.75) is 19.8 Å². The van der Waals surface area contributed by atoms with Gasteiger partial charge in [-0.3, -0.25) is 4.79 Å². The monoisotopic (exact) mass is 291 g/mol. The third-order valence-corrected chi connectivity index (χ3v) is 3.98. The van der Waals surface area contributed by atoms with Crippen molar-refractivity contribution in [2.24, 2.45) is 5.92 Å². The zero-order valence-electron chi connectivity index (χ0n) is 10.9. The predicted molar refractivity (Wildman–Crippen MR) is 78.0 cm³/mol. The molecule has 1 aromatic carbocycles. The van der Waals surface area contributed by atoms with Crippen LogP contribution in [0.3, 0.4) is 0 Å². The number of amides is 1. The van der Waals surface area contributed by atoms with Crippen LogP contribution in [0.25, 0.3) is 11.3 Å². The third-order valence-electron chi connectivity index (χ3n) is 3.31. The van der Waals surface area contributed by atoms with E-state index in [4.69, 9.17) is 5.73 Å². The molecular formula is C14H14FN3OS. The van der Waals surface area contributed by atoms with E-state index in [1.165, 1.54) is 0 Å². The fraction of sp³-hybridized carbons (Fsp3) is 0.286. The highest BCUT2D eigenvalue weighted by Gasteiger charge is 2.29. The zero-order valence-corrected chi connectivity index (χ0v) is 11.8. The normalized spacial score (nSPS) is 14.3. The molecule has 1 aliphatic rings. The molecule has 104 valence electrons. The highest BCUT2D eigenvalue weighted by Crippen LogP contribution is 2.32. The van der Waals surface area contributed by atoms with E-state index in [1.807, 2.05) is 6.92 Å². The third kappa shape index (κ3) is 2.51. The maximum Gasteiger partial charge on any atom is 0.227 e. The van der Waals surface area contributed by atoms with Crippen molar-refractivity contribution in [1.29, 1.82) is 0 Å². The van der Waals surface area contributed by atoms with E-state index < -0.39 is 5.13 Å². The maximum absolute atomic E-state index is 13.7. The molecule has 1 fully saturated rings. The quantitative estimate of drug-likeness (QED) is 0.912. The molecule has 0 saturated heterocycles. The highest BCUT2D eigenvalue weighted by atomic mass is 32.1. The summed E-state index contributed by atoms with van der Waals surface area (Å²) in [6.45, 7) is 1.87. The highest BCUT2D eigenvalue weighted by molar-refractivity contribution is 7.14. The summed E-state index contributed by atoms with van der Waals surface area (Å²) >= 11 is 0.827. The van der Waals surface area contributed by atoms with Gasteiger partial charge in [-0.05, 0) is 37.5 Å². The van der Waals surface area contributed by atoms with Crippen LogP contribution in [0.4, 0.5) is 15.2 Å². The van der Waals surface area contributed by atoms with Crippen LogP contribution in [-0.2, 0) is 4.79 Å². The lowest BCUT2D eigenvalue weighted by atomic mass is 10.1. The smallest absolute Gasteiger partial charge is 0.227 e. The molecule has 0 atom stereocenters. The van der Waals surface area contributed by atoms with E-state index in [9.17, 15) is 9.18 Å².